The first-order chi connectivity index (χ1) is 11.9. The summed E-state index contributed by atoms with van der Waals surface area (Å²) in [5.74, 6) is 0. The zero-order valence-corrected chi connectivity index (χ0v) is 14.5. The third kappa shape index (κ3) is 2.79. The molecule has 6 heteroatoms. The Morgan fingerprint density at radius 2 is 2.00 bits per heavy atom. The normalized spacial score (nSPS) is 17.2. The summed E-state index contributed by atoms with van der Waals surface area (Å²) in [4.78, 5) is 0. The van der Waals surface area contributed by atoms with Gasteiger partial charge in [0.05, 0.1) is 12.7 Å². The Hall–Kier alpha value is -2.37. The van der Waals surface area contributed by atoms with Gasteiger partial charge in [-0.05, 0) is 31.5 Å². The van der Waals surface area contributed by atoms with Crippen LogP contribution in [0.3, 0.4) is 0 Å². The third-order valence-corrected chi connectivity index (χ3v) is 4.79. The van der Waals surface area contributed by atoms with Gasteiger partial charge >= 0.3 is 0 Å². The zero-order valence-electron chi connectivity index (χ0n) is 13.7. The van der Waals surface area contributed by atoms with Gasteiger partial charge in [-0.1, -0.05) is 35.5 Å². The number of rotatable bonds is 3. The minimum absolute atomic E-state index is 0. The van der Waals surface area contributed by atoms with Crippen molar-refractivity contribution in [3.8, 4) is 11.3 Å². The molecule has 2 aromatic heterocycles. The lowest BCUT2D eigenvalue weighted by molar-refractivity contribution is 0.466. The molecule has 1 fully saturated rings. The van der Waals surface area contributed by atoms with Crippen LogP contribution < -0.4 is 5.32 Å². The van der Waals surface area contributed by atoms with Crippen molar-refractivity contribution in [2.75, 3.05) is 6.54 Å². The van der Waals surface area contributed by atoms with Crippen molar-refractivity contribution in [2.24, 2.45) is 0 Å². The van der Waals surface area contributed by atoms with E-state index < -0.39 is 0 Å². The van der Waals surface area contributed by atoms with E-state index in [0.29, 0.717) is 6.04 Å². The summed E-state index contributed by atoms with van der Waals surface area (Å²) in [6, 6.07) is 14.8. The standard InChI is InChI=1S/C19H18N4O.ClH/c1-2-9-18-14(6-1)15-7-3-8-16(19(15)24-18)17-12-23(22-21-17)11-13-5-4-10-20-13;/h1-3,6-9,12-13,20H,4-5,10-11H2;1H/t13-;/m1./s1. The van der Waals surface area contributed by atoms with E-state index in [4.69, 9.17) is 4.42 Å². The SMILES string of the molecule is Cl.c1ccc2c(c1)oc1c(-c3cn(C[C@H]4CCCN4)nn3)cccc12. The lowest BCUT2D eigenvalue weighted by Gasteiger charge is -2.08. The van der Waals surface area contributed by atoms with Crippen molar-refractivity contribution in [3.05, 3.63) is 48.7 Å². The van der Waals surface area contributed by atoms with Crippen LogP contribution in [0.1, 0.15) is 12.8 Å². The fraction of sp³-hybridized carbons (Fsp3) is 0.263. The number of aromatic nitrogens is 3. The number of para-hydroxylation sites is 2. The molecule has 0 unspecified atom stereocenters. The predicted octanol–water partition coefficient (Wildman–Crippen LogP) is 4.02. The predicted molar refractivity (Wildman–Crippen MR) is 101 cm³/mol. The van der Waals surface area contributed by atoms with Crippen LogP contribution in [0.5, 0.6) is 0 Å². The topological polar surface area (TPSA) is 55.9 Å². The van der Waals surface area contributed by atoms with Gasteiger partial charge < -0.3 is 9.73 Å². The molecule has 5 rings (SSSR count). The number of hydrogen-bond donors (Lipinski definition) is 1. The van der Waals surface area contributed by atoms with Crippen molar-refractivity contribution >= 4 is 34.3 Å². The molecule has 5 nitrogen and oxygen atoms in total. The average molecular weight is 355 g/mol. The highest BCUT2D eigenvalue weighted by atomic mass is 35.5. The van der Waals surface area contributed by atoms with Gasteiger partial charge in [0.15, 0.2) is 0 Å². The van der Waals surface area contributed by atoms with Crippen LogP contribution in [0.15, 0.2) is 53.1 Å². The van der Waals surface area contributed by atoms with Crippen molar-refractivity contribution in [1.29, 1.82) is 0 Å². The van der Waals surface area contributed by atoms with E-state index in [2.05, 4.69) is 33.8 Å². The van der Waals surface area contributed by atoms with Crippen molar-refractivity contribution in [1.82, 2.24) is 20.3 Å². The highest BCUT2D eigenvalue weighted by Gasteiger charge is 2.17. The van der Waals surface area contributed by atoms with E-state index in [1.54, 1.807) is 0 Å². The number of benzene rings is 2. The van der Waals surface area contributed by atoms with Crippen LogP contribution in [0.2, 0.25) is 0 Å². The number of halogens is 1. The van der Waals surface area contributed by atoms with Crippen molar-refractivity contribution in [3.63, 3.8) is 0 Å². The van der Waals surface area contributed by atoms with Gasteiger partial charge in [0.25, 0.3) is 0 Å². The first-order valence-electron chi connectivity index (χ1n) is 8.43. The minimum atomic E-state index is 0. The molecule has 128 valence electrons. The fourth-order valence-electron chi connectivity index (χ4n) is 3.60. The molecule has 1 aliphatic rings. The highest BCUT2D eigenvalue weighted by molar-refractivity contribution is 6.09. The Morgan fingerprint density at radius 3 is 2.88 bits per heavy atom. The van der Waals surface area contributed by atoms with Crippen LogP contribution in [-0.4, -0.2) is 27.6 Å². The van der Waals surface area contributed by atoms with E-state index in [9.17, 15) is 0 Å². The van der Waals surface area contributed by atoms with Gasteiger partial charge in [-0.25, -0.2) is 0 Å². The second-order valence-corrected chi connectivity index (χ2v) is 6.40. The largest absolute Gasteiger partial charge is 0.455 e. The Kier molecular flexibility index (Phi) is 4.19. The van der Waals surface area contributed by atoms with Gasteiger partial charge in [0.1, 0.15) is 16.9 Å². The fourth-order valence-corrected chi connectivity index (χ4v) is 3.60. The summed E-state index contributed by atoms with van der Waals surface area (Å²) in [5.41, 5.74) is 3.64. The average Bonchev–Trinajstić information content (AvgIpc) is 3.34. The van der Waals surface area contributed by atoms with Gasteiger partial charge in [0.2, 0.25) is 0 Å². The van der Waals surface area contributed by atoms with Crippen LogP contribution in [0, 0.1) is 0 Å². The number of hydrogen-bond acceptors (Lipinski definition) is 4. The zero-order chi connectivity index (χ0) is 15.9. The summed E-state index contributed by atoms with van der Waals surface area (Å²) in [5, 5.41) is 14.4. The summed E-state index contributed by atoms with van der Waals surface area (Å²) in [6.07, 6.45) is 4.46. The van der Waals surface area contributed by atoms with Crippen LogP contribution in [0.4, 0.5) is 0 Å². The Labute approximate surface area is 151 Å². The van der Waals surface area contributed by atoms with Gasteiger partial charge in [-0.3, -0.25) is 4.68 Å². The maximum absolute atomic E-state index is 6.09. The molecule has 1 saturated heterocycles. The number of nitrogens with one attached hydrogen (secondary N) is 1. The number of fused-ring (bicyclic) bond motifs is 3. The summed E-state index contributed by atoms with van der Waals surface area (Å²) in [7, 11) is 0. The number of furan rings is 1. The molecule has 3 heterocycles. The molecule has 2 aromatic carbocycles. The highest BCUT2D eigenvalue weighted by Crippen LogP contribution is 2.34. The molecule has 0 radical (unpaired) electrons. The maximum Gasteiger partial charge on any atom is 0.144 e. The lowest BCUT2D eigenvalue weighted by Crippen LogP contribution is -2.26. The van der Waals surface area contributed by atoms with Gasteiger partial charge in [-0.2, -0.15) is 0 Å². The molecule has 0 spiro atoms. The molecule has 0 bridgehead atoms. The minimum Gasteiger partial charge on any atom is -0.455 e. The van der Waals surface area contributed by atoms with Crippen LogP contribution >= 0.6 is 12.4 Å². The van der Waals surface area contributed by atoms with Crippen LogP contribution in [-0.2, 0) is 6.54 Å². The van der Waals surface area contributed by atoms with E-state index >= 15 is 0 Å². The maximum atomic E-state index is 6.09. The summed E-state index contributed by atoms with van der Waals surface area (Å²) < 4.78 is 8.02. The Bertz CT molecular complexity index is 1020. The molecule has 4 aromatic rings. The monoisotopic (exact) mass is 354 g/mol. The van der Waals surface area contributed by atoms with Crippen LogP contribution in [0.25, 0.3) is 33.2 Å². The first-order valence-corrected chi connectivity index (χ1v) is 8.43. The second-order valence-electron chi connectivity index (χ2n) is 6.40. The molecule has 1 atom stereocenters. The van der Waals surface area contributed by atoms with E-state index in [1.165, 1.54) is 12.8 Å². The van der Waals surface area contributed by atoms with Gasteiger partial charge in [-0.15, -0.1) is 17.5 Å². The molecule has 0 aliphatic carbocycles. The molecule has 25 heavy (non-hydrogen) atoms. The summed E-state index contributed by atoms with van der Waals surface area (Å²) in [6.45, 7) is 1.97. The van der Waals surface area contributed by atoms with Crippen molar-refractivity contribution in [2.45, 2.75) is 25.4 Å². The molecule has 0 amide bonds. The van der Waals surface area contributed by atoms with Gasteiger partial charge in [0, 0.05) is 22.4 Å². The lowest BCUT2D eigenvalue weighted by atomic mass is 10.1. The molecular weight excluding hydrogens is 336 g/mol. The van der Waals surface area contributed by atoms with E-state index in [-0.39, 0.29) is 12.4 Å². The van der Waals surface area contributed by atoms with Crippen molar-refractivity contribution < 1.29 is 4.42 Å². The molecular formula is C19H19ClN4O. The molecule has 1 N–H and O–H groups in total. The van der Waals surface area contributed by atoms with E-state index in [1.807, 2.05) is 35.1 Å². The smallest absolute Gasteiger partial charge is 0.144 e. The first kappa shape index (κ1) is 16.1. The van der Waals surface area contributed by atoms with E-state index in [0.717, 1.165) is 46.3 Å². The quantitative estimate of drug-likeness (QED) is 0.603. The molecule has 1 aliphatic heterocycles. The Morgan fingerprint density at radius 1 is 1.12 bits per heavy atom. The molecule has 0 saturated carbocycles. The summed E-state index contributed by atoms with van der Waals surface area (Å²) >= 11 is 0. The Balaban J connectivity index is 0.00000157. The second kappa shape index (κ2) is 6.50. The number of nitrogens with zero attached hydrogens (tertiary/aromatic N) is 3. The third-order valence-electron chi connectivity index (χ3n) is 4.79.